The highest BCUT2D eigenvalue weighted by molar-refractivity contribution is 6.44. The first kappa shape index (κ1) is 16.3. The van der Waals surface area contributed by atoms with E-state index in [0.717, 1.165) is 24.1 Å². The maximum Gasteiger partial charge on any atom is 0.0656 e. The highest BCUT2D eigenvalue weighted by Gasteiger charge is 2.40. The van der Waals surface area contributed by atoms with Crippen LogP contribution in [0.3, 0.4) is 0 Å². The van der Waals surface area contributed by atoms with Crippen molar-refractivity contribution in [3.8, 4) is 0 Å². The molecule has 0 spiro atoms. The number of anilines is 1. The molecule has 0 amide bonds. The third-order valence-electron chi connectivity index (χ3n) is 5.23. The molecule has 3 atom stereocenters. The van der Waals surface area contributed by atoms with Gasteiger partial charge in [-0.15, -0.1) is 0 Å². The third kappa shape index (κ3) is 2.54. The van der Waals surface area contributed by atoms with Gasteiger partial charge in [-0.25, -0.2) is 0 Å². The maximum atomic E-state index is 6.52. The van der Waals surface area contributed by atoms with Crippen molar-refractivity contribution in [2.24, 2.45) is 5.92 Å². The molecule has 0 aromatic heterocycles. The van der Waals surface area contributed by atoms with Gasteiger partial charge in [0.1, 0.15) is 0 Å². The molecule has 0 saturated heterocycles. The summed E-state index contributed by atoms with van der Waals surface area (Å²) in [5, 5.41) is 5.41. The molecular formula is C20H18Cl3N. The molecule has 4 heteroatoms. The minimum Gasteiger partial charge on any atom is -0.376 e. The van der Waals surface area contributed by atoms with Gasteiger partial charge in [0.25, 0.3) is 0 Å². The summed E-state index contributed by atoms with van der Waals surface area (Å²) in [6.45, 7) is 2.17. The van der Waals surface area contributed by atoms with Gasteiger partial charge in [0.2, 0.25) is 0 Å². The van der Waals surface area contributed by atoms with E-state index in [-0.39, 0.29) is 12.0 Å². The second-order valence-electron chi connectivity index (χ2n) is 6.51. The normalized spacial score (nSPS) is 24.4. The number of hydrogen-bond acceptors (Lipinski definition) is 1. The Labute approximate surface area is 157 Å². The molecule has 1 aliphatic carbocycles. The van der Waals surface area contributed by atoms with Gasteiger partial charge in [-0.1, -0.05) is 78.1 Å². The molecule has 2 aromatic carbocycles. The quantitative estimate of drug-likeness (QED) is 0.436. The van der Waals surface area contributed by atoms with Crippen molar-refractivity contribution in [1.82, 2.24) is 0 Å². The van der Waals surface area contributed by atoms with E-state index in [4.69, 9.17) is 34.8 Å². The zero-order chi connectivity index (χ0) is 16.8. The Morgan fingerprint density at radius 1 is 1.08 bits per heavy atom. The van der Waals surface area contributed by atoms with Crippen molar-refractivity contribution in [2.75, 3.05) is 5.32 Å². The first-order chi connectivity index (χ1) is 11.6. The van der Waals surface area contributed by atoms with Gasteiger partial charge < -0.3 is 5.32 Å². The Bertz CT molecular complexity index is 811. The summed E-state index contributed by atoms with van der Waals surface area (Å²) in [5.41, 5.74) is 4.60. The molecule has 2 aromatic rings. The Balaban J connectivity index is 1.81. The summed E-state index contributed by atoms with van der Waals surface area (Å²) < 4.78 is 0. The fourth-order valence-electron chi connectivity index (χ4n) is 3.95. The van der Waals surface area contributed by atoms with E-state index in [1.165, 1.54) is 11.1 Å². The minimum atomic E-state index is 0.221. The molecule has 0 radical (unpaired) electrons. The second kappa shape index (κ2) is 6.29. The minimum absolute atomic E-state index is 0.221. The number of aryl methyl sites for hydroxylation is 1. The largest absolute Gasteiger partial charge is 0.376 e. The van der Waals surface area contributed by atoms with Crippen LogP contribution in [0.2, 0.25) is 15.1 Å². The topological polar surface area (TPSA) is 12.0 Å². The molecule has 1 N–H and O–H groups in total. The van der Waals surface area contributed by atoms with Crippen LogP contribution >= 0.6 is 34.8 Å². The van der Waals surface area contributed by atoms with Crippen LogP contribution in [0, 0.1) is 5.92 Å². The van der Waals surface area contributed by atoms with Crippen molar-refractivity contribution < 1.29 is 0 Å². The van der Waals surface area contributed by atoms with Crippen LogP contribution in [0.4, 0.5) is 5.69 Å². The number of halogens is 3. The summed E-state index contributed by atoms with van der Waals surface area (Å²) in [6, 6.07) is 10.8. The fourth-order valence-corrected chi connectivity index (χ4v) is 4.76. The predicted molar refractivity (Wildman–Crippen MR) is 104 cm³/mol. The summed E-state index contributed by atoms with van der Waals surface area (Å²) in [4.78, 5) is 0. The van der Waals surface area contributed by atoms with Crippen molar-refractivity contribution in [3.63, 3.8) is 0 Å². The third-order valence-corrected chi connectivity index (χ3v) is 6.33. The van der Waals surface area contributed by atoms with Gasteiger partial charge in [0, 0.05) is 11.5 Å². The lowest BCUT2D eigenvalue weighted by molar-refractivity contribution is 0.425. The van der Waals surface area contributed by atoms with Gasteiger partial charge >= 0.3 is 0 Å². The van der Waals surface area contributed by atoms with Crippen LogP contribution in [0.15, 0.2) is 42.5 Å². The predicted octanol–water partition coefficient (Wildman–Crippen LogP) is 7.04. The van der Waals surface area contributed by atoms with E-state index in [1.54, 1.807) is 6.07 Å². The van der Waals surface area contributed by atoms with Gasteiger partial charge in [-0.3, -0.25) is 0 Å². The van der Waals surface area contributed by atoms with E-state index >= 15 is 0 Å². The van der Waals surface area contributed by atoms with Gasteiger partial charge in [-0.2, -0.15) is 0 Å². The van der Waals surface area contributed by atoms with E-state index in [1.807, 2.05) is 0 Å². The van der Waals surface area contributed by atoms with Gasteiger partial charge in [0.15, 0.2) is 0 Å². The highest BCUT2D eigenvalue weighted by Crippen LogP contribution is 2.54. The number of hydrogen-bond donors (Lipinski definition) is 1. The van der Waals surface area contributed by atoms with Crippen LogP contribution in [0.5, 0.6) is 0 Å². The van der Waals surface area contributed by atoms with E-state index in [2.05, 4.69) is 48.7 Å². The van der Waals surface area contributed by atoms with Crippen molar-refractivity contribution >= 4 is 40.5 Å². The van der Waals surface area contributed by atoms with Crippen LogP contribution in [0.25, 0.3) is 0 Å². The van der Waals surface area contributed by atoms with Crippen LogP contribution < -0.4 is 5.32 Å². The van der Waals surface area contributed by atoms with Gasteiger partial charge in [-0.05, 0) is 36.0 Å². The van der Waals surface area contributed by atoms with Crippen LogP contribution in [-0.2, 0) is 6.42 Å². The lowest BCUT2D eigenvalue weighted by Gasteiger charge is -2.38. The molecule has 2 aliphatic rings. The molecule has 0 bridgehead atoms. The van der Waals surface area contributed by atoms with Crippen molar-refractivity contribution in [3.05, 3.63) is 74.2 Å². The lowest BCUT2D eigenvalue weighted by Crippen LogP contribution is -2.29. The summed E-state index contributed by atoms with van der Waals surface area (Å²) in [6.07, 6.45) is 6.56. The van der Waals surface area contributed by atoms with E-state index in [0.29, 0.717) is 21.0 Å². The van der Waals surface area contributed by atoms with Gasteiger partial charge in [0.05, 0.1) is 26.8 Å². The monoisotopic (exact) mass is 377 g/mol. The Morgan fingerprint density at radius 3 is 2.54 bits per heavy atom. The van der Waals surface area contributed by atoms with Crippen LogP contribution in [-0.4, -0.2) is 0 Å². The Kier molecular flexibility index (Phi) is 4.28. The lowest BCUT2D eigenvalue weighted by atomic mass is 9.77. The molecule has 1 nitrogen and oxygen atoms in total. The average molecular weight is 379 g/mol. The highest BCUT2D eigenvalue weighted by atomic mass is 35.5. The first-order valence-corrected chi connectivity index (χ1v) is 9.43. The molecule has 0 saturated carbocycles. The van der Waals surface area contributed by atoms with Crippen molar-refractivity contribution in [2.45, 2.75) is 31.7 Å². The standard InChI is InChI=1S/C20H18Cl3N/c1-2-11-6-8-12(9-7-11)19-14-5-3-4-13(14)17-18(23)15(21)10-16(22)20(17)24-19/h3-4,6-10,13-14,19,24H,2,5H2,1H3/t13-,14+,19-/m0/s1. The first-order valence-electron chi connectivity index (χ1n) is 8.29. The number of allylic oxidation sites excluding steroid dienone is 2. The molecule has 0 unspecified atom stereocenters. The SMILES string of the molecule is CCc1ccc([C@@H]2Nc3c(Cl)cc(Cl)c(Cl)c3[C@H]3C=CC[C@H]32)cc1. The molecular weight excluding hydrogens is 361 g/mol. The molecule has 1 heterocycles. The maximum absolute atomic E-state index is 6.52. The summed E-state index contributed by atoms with van der Waals surface area (Å²) >= 11 is 19.3. The second-order valence-corrected chi connectivity index (χ2v) is 7.71. The number of fused-ring (bicyclic) bond motifs is 3. The van der Waals surface area contributed by atoms with Crippen LogP contribution in [0.1, 0.15) is 42.0 Å². The number of nitrogens with one attached hydrogen (secondary N) is 1. The molecule has 4 rings (SSSR count). The summed E-state index contributed by atoms with van der Waals surface area (Å²) in [5.74, 6) is 0.679. The number of benzene rings is 2. The summed E-state index contributed by atoms with van der Waals surface area (Å²) in [7, 11) is 0. The smallest absolute Gasteiger partial charge is 0.0656 e. The average Bonchev–Trinajstić information content (AvgIpc) is 3.08. The van der Waals surface area contributed by atoms with E-state index in [9.17, 15) is 0 Å². The zero-order valence-corrected chi connectivity index (χ0v) is 15.6. The Hall–Kier alpha value is -1.15. The number of rotatable bonds is 2. The fraction of sp³-hybridized carbons (Fsp3) is 0.300. The zero-order valence-electron chi connectivity index (χ0n) is 13.3. The Morgan fingerprint density at radius 2 is 1.83 bits per heavy atom. The van der Waals surface area contributed by atoms with Crippen molar-refractivity contribution in [1.29, 1.82) is 0 Å². The molecule has 124 valence electrons. The van der Waals surface area contributed by atoms with E-state index < -0.39 is 0 Å². The molecule has 1 aliphatic heterocycles. The molecule has 0 fully saturated rings. The molecule has 24 heavy (non-hydrogen) atoms.